The molecule has 0 N–H and O–H groups in total. The van der Waals surface area contributed by atoms with Gasteiger partial charge >= 0.3 is 0 Å². The molecular formula is C20H22BrN3O4. The van der Waals surface area contributed by atoms with Crippen LogP contribution in [0.1, 0.15) is 12.8 Å². The Kier molecular flexibility index (Phi) is 6.86. The van der Waals surface area contributed by atoms with Gasteiger partial charge in [0.25, 0.3) is 5.69 Å². The monoisotopic (exact) mass is 447 g/mol. The van der Waals surface area contributed by atoms with Crippen molar-refractivity contribution in [1.82, 2.24) is 4.90 Å². The van der Waals surface area contributed by atoms with Gasteiger partial charge in [-0.2, -0.15) is 0 Å². The van der Waals surface area contributed by atoms with Crippen LogP contribution in [0.4, 0.5) is 11.4 Å². The minimum atomic E-state index is -0.390. The number of nitro benzene ring substituents is 1. The highest BCUT2D eigenvalue weighted by atomic mass is 79.9. The number of hydrogen-bond acceptors (Lipinski definition) is 5. The molecule has 3 rings (SSSR count). The van der Waals surface area contributed by atoms with Crippen LogP contribution >= 0.6 is 15.9 Å². The van der Waals surface area contributed by atoms with Crippen LogP contribution in [-0.2, 0) is 4.79 Å². The predicted molar refractivity (Wildman–Crippen MR) is 111 cm³/mol. The Morgan fingerprint density at radius 2 is 1.86 bits per heavy atom. The van der Waals surface area contributed by atoms with Gasteiger partial charge in [-0.15, -0.1) is 0 Å². The van der Waals surface area contributed by atoms with Crippen LogP contribution in [0.5, 0.6) is 5.75 Å². The highest BCUT2D eigenvalue weighted by Gasteiger charge is 2.22. The molecule has 1 aliphatic heterocycles. The second-order valence-electron chi connectivity index (χ2n) is 6.53. The van der Waals surface area contributed by atoms with E-state index < -0.39 is 0 Å². The second kappa shape index (κ2) is 9.54. The number of halogens is 1. The lowest BCUT2D eigenvalue weighted by Crippen LogP contribution is -2.48. The number of anilines is 1. The zero-order valence-corrected chi connectivity index (χ0v) is 17.0. The summed E-state index contributed by atoms with van der Waals surface area (Å²) in [6.45, 7) is 3.06. The largest absolute Gasteiger partial charge is 0.492 e. The minimum absolute atomic E-state index is 0.0843. The number of nitro groups is 1. The lowest BCUT2D eigenvalue weighted by atomic mass is 10.2. The van der Waals surface area contributed by atoms with Gasteiger partial charge in [-0.1, -0.05) is 18.2 Å². The van der Waals surface area contributed by atoms with Crippen molar-refractivity contribution < 1.29 is 14.5 Å². The number of amides is 1. The Hall–Kier alpha value is -2.61. The molecule has 0 aliphatic carbocycles. The van der Waals surface area contributed by atoms with Crippen molar-refractivity contribution >= 4 is 33.2 Å². The van der Waals surface area contributed by atoms with Gasteiger partial charge in [0.15, 0.2) is 0 Å². The quantitative estimate of drug-likeness (QED) is 0.365. The molecule has 0 bridgehead atoms. The molecular weight excluding hydrogens is 426 g/mol. The van der Waals surface area contributed by atoms with Crippen LogP contribution in [-0.4, -0.2) is 48.5 Å². The first-order valence-electron chi connectivity index (χ1n) is 9.19. The summed E-state index contributed by atoms with van der Waals surface area (Å²) >= 11 is 3.43. The maximum absolute atomic E-state index is 12.4. The first-order chi connectivity index (χ1) is 13.5. The molecule has 28 heavy (non-hydrogen) atoms. The topological polar surface area (TPSA) is 75.9 Å². The van der Waals surface area contributed by atoms with Gasteiger partial charge in [-0.3, -0.25) is 14.9 Å². The number of nitrogens with zero attached hydrogens (tertiary/aromatic N) is 3. The number of carbonyl (C=O) groups is 1. The van der Waals surface area contributed by atoms with Gasteiger partial charge in [-0.05, 0) is 40.5 Å². The van der Waals surface area contributed by atoms with Gasteiger partial charge in [0.1, 0.15) is 5.75 Å². The summed E-state index contributed by atoms with van der Waals surface area (Å²) in [7, 11) is 0. The SMILES string of the molecule is O=C(CCCOc1ccccc1Br)N1CCN(c2cccc([N+](=O)[O-])c2)CC1. The molecule has 1 aliphatic rings. The van der Waals surface area contributed by atoms with Crippen molar-refractivity contribution in [3.8, 4) is 5.75 Å². The fourth-order valence-electron chi connectivity index (χ4n) is 3.14. The van der Waals surface area contributed by atoms with Gasteiger partial charge in [0.05, 0.1) is 16.0 Å². The summed E-state index contributed by atoms with van der Waals surface area (Å²) in [6, 6.07) is 14.3. The van der Waals surface area contributed by atoms with E-state index in [-0.39, 0.29) is 16.5 Å². The van der Waals surface area contributed by atoms with Gasteiger partial charge < -0.3 is 14.5 Å². The zero-order valence-electron chi connectivity index (χ0n) is 15.4. The van der Waals surface area contributed by atoms with E-state index in [9.17, 15) is 14.9 Å². The Balaban J connectivity index is 1.42. The number of carbonyl (C=O) groups excluding carboxylic acids is 1. The molecule has 7 nitrogen and oxygen atoms in total. The molecule has 0 aromatic heterocycles. The molecule has 0 unspecified atom stereocenters. The zero-order chi connectivity index (χ0) is 19.9. The maximum Gasteiger partial charge on any atom is 0.271 e. The third kappa shape index (κ3) is 5.22. The van der Waals surface area contributed by atoms with Crippen LogP contribution < -0.4 is 9.64 Å². The highest BCUT2D eigenvalue weighted by molar-refractivity contribution is 9.10. The second-order valence-corrected chi connectivity index (χ2v) is 7.38. The smallest absolute Gasteiger partial charge is 0.271 e. The third-order valence-electron chi connectivity index (χ3n) is 4.67. The maximum atomic E-state index is 12.4. The van der Waals surface area contributed by atoms with Crippen molar-refractivity contribution in [1.29, 1.82) is 0 Å². The molecule has 0 radical (unpaired) electrons. The number of para-hydroxylation sites is 1. The number of non-ortho nitro benzene ring substituents is 1. The minimum Gasteiger partial charge on any atom is -0.492 e. The fourth-order valence-corrected chi connectivity index (χ4v) is 3.54. The Labute approximate surface area is 172 Å². The summed E-state index contributed by atoms with van der Waals surface area (Å²) in [6.07, 6.45) is 1.10. The van der Waals surface area contributed by atoms with Crippen molar-refractivity contribution in [2.24, 2.45) is 0 Å². The number of benzene rings is 2. The Morgan fingerprint density at radius 1 is 1.11 bits per heavy atom. The van der Waals surface area contributed by atoms with E-state index in [0.717, 1.165) is 15.9 Å². The molecule has 1 heterocycles. The molecule has 0 saturated carbocycles. The van der Waals surface area contributed by atoms with Crippen LogP contribution in [0.15, 0.2) is 53.0 Å². The van der Waals surface area contributed by atoms with Gasteiger partial charge in [0.2, 0.25) is 5.91 Å². The summed E-state index contributed by atoms with van der Waals surface area (Å²) in [5, 5.41) is 10.9. The van der Waals surface area contributed by atoms with Crippen molar-refractivity contribution in [2.75, 3.05) is 37.7 Å². The average molecular weight is 448 g/mol. The predicted octanol–water partition coefficient (Wildman–Crippen LogP) is 3.87. The summed E-state index contributed by atoms with van der Waals surface area (Å²) in [4.78, 5) is 26.9. The van der Waals surface area contributed by atoms with Gasteiger partial charge in [-0.25, -0.2) is 0 Å². The molecule has 8 heteroatoms. The highest BCUT2D eigenvalue weighted by Crippen LogP contribution is 2.24. The van der Waals surface area contributed by atoms with E-state index in [2.05, 4.69) is 20.8 Å². The van der Waals surface area contributed by atoms with E-state index in [4.69, 9.17) is 4.74 Å². The molecule has 0 atom stereocenters. The van der Waals surface area contributed by atoms with Gasteiger partial charge in [0, 0.05) is 50.4 Å². The molecule has 1 fully saturated rings. The van der Waals surface area contributed by atoms with Crippen LogP contribution in [0.2, 0.25) is 0 Å². The summed E-state index contributed by atoms with van der Waals surface area (Å²) in [5.41, 5.74) is 0.907. The summed E-state index contributed by atoms with van der Waals surface area (Å²) < 4.78 is 6.60. The average Bonchev–Trinajstić information content (AvgIpc) is 2.72. The third-order valence-corrected chi connectivity index (χ3v) is 5.32. The van der Waals surface area contributed by atoms with E-state index in [0.29, 0.717) is 45.6 Å². The molecule has 2 aromatic rings. The molecule has 148 valence electrons. The normalized spacial score (nSPS) is 14.0. The fraction of sp³-hybridized carbons (Fsp3) is 0.350. The summed E-state index contributed by atoms with van der Waals surface area (Å²) in [5.74, 6) is 0.898. The molecule has 1 saturated heterocycles. The first-order valence-corrected chi connectivity index (χ1v) is 9.98. The lowest BCUT2D eigenvalue weighted by molar-refractivity contribution is -0.384. The molecule has 0 spiro atoms. The number of piperazine rings is 1. The van der Waals surface area contributed by atoms with Crippen molar-refractivity contribution in [3.63, 3.8) is 0 Å². The molecule has 1 amide bonds. The first kappa shape index (κ1) is 20.1. The Morgan fingerprint density at radius 3 is 2.57 bits per heavy atom. The van der Waals surface area contributed by atoms with E-state index in [1.807, 2.05) is 35.2 Å². The standard InChI is InChI=1S/C20H22BrN3O4/c21-18-7-1-2-8-19(18)28-14-4-9-20(25)23-12-10-22(11-13-23)16-5-3-6-17(15-16)24(26)27/h1-3,5-8,15H,4,9-14H2. The Bertz CT molecular complexity index is 838. The van der Waals surface area contributed by atoms with Crippen LogP contribution in [0.25, 0.3) is 0 Å². The van der Waals surface area contributed by atoms with Crippen molar-refractivity contribution in [2.45, 2.75) is 12.8 Å². The number of rotatable bonds is 7. The van der Waals surface area contributed by atoms with Crippen molar-refractivity contribution in [3.05, 3.63) is 63.1 Å². The molecule has 2 aromatic carbocycles. The number of hydrogen-bond donors (Lipinski definition) is 0. The van der Waals surface area contributed by atoms with E-state index >= 15 is 0 Å². The lowest BCUT2D eigenvalue weighted by Gasteiger charge is -2.36. The van der Waals surface area contributed by atoms with Crippen LogP contribution in [0.3, 0.4) is 0 Å². The number of ether oxygens (including phenoxy) is 1. The van der Waals surface area contributed by atoms with E-state index in [1.54, 1.807) is 12.1 Å². The van der Waals surface area contributed by atoms with E-state index in [1.165, 1.54) is 6.07 Å². The van der Waals surface area contributed by atoms with Crippen LogP contribution in [0, 0.1) is 10.1 Å².